The molecular formula is C20H18O7. The van der Waals surface area contributed by atoms with Crippen LogP contribution >= 0.6 is 0 Å². The molecule has 0 saturated heterocycles. The van der Waals surface area contributed by atoms with Crippen molar-refractivity contribution in [1.29, 1.82) is 0 Å². The number of phenols is 4. The molecule has 0 aliphatic carbocycles. The van der Waals surface area contributed by atoms with Gasteiger partial charge in [-0.2, -0.15) is 0 Å². The van der Waals surface area contributed by atoms with Crippen LogP contribution in [0, 0.1) is 5.92 Å². The monoisotopic (exact) mass is 370 g/mol. The molecule has 27 heavy (non-hydrogen) atoms. The second-order valence-electron chi connectivity index (χ2n) is 6.45. The van der Waals surface area contributed by atoms with Gasteiger partial charge in [0.05, 0.1) is 5.56 Å². The molecule has 140 valence electrons. The van der Waals surface area contributed by atoms with Gasteiger partial charge in [0.2, 0.25) is 11.2 Å². The highest BCUT2D eigenvalue weighted by Crippen LogP contribution is 2.40. The number of rotatable bonds is 3. The predicted molar refractivity (Wildman–Crippen MR) is 100 cm³/mol. The first-order valence-corrected chi connectivity index (χ1v) is 8.16. The molecule has 7 heteroatoms. The first kappa shape index (κ1) is 18.2. The number of allylic oxidation sites excluding steroid dienone is 1. The lowest BCUT2D eigenvalue weighted by atomic mass is 10.0. The second kappa shape index (κ2) is 6.60. The zero-order valence-electron chi connectivity index (χ0n) is 14.6. The summed E-state index contributed by atoms with van der Waals surface area (Å²) in [7, 11) is 0. The molecule has 3 rings (SSSR count). The minimum Gasteiger partial charge on any atom is -0.507 e. The lowest BCUT2D eigenvalue weighted by Crippen LogP contribution is -2.03. The van der Waals surface area contributed by atoms with Gasteiger partial charge in [0.1, 0.15) is 22.5 Å². The highest BCUT2D eigenvalue weighted by atomic mass is 16.4. The van der Waals surface area contributed by atoms with Crippen molar-refractivity contribution in [3.8, 4) is 40.1 Å². The van der Waals surface area contributed by atoms with Crippen LogP contribution in [0.25, 0.3) is 28.4 Å². The lowest BCUT2D eigenvalue weighted by molar-refractivity contribution is 0.403. The summed E-state index contributed by atoms with van der Waals surface area (Å²) in [5, 5.41) is 49.6. The highest BCUT2D eigenvalue weighted by molar-refractivity contribution is 5.92. The molecule has 0 amide bonds. The van der Waals surface area contributed by atoms with Gasteiger partial charge in [0.25, 0.3) is 0 Å². The summed E-state index contributed by atoms with van der Waals surface area (Å²) >= 11 is 0. The lowest BCUT2D eigenvalue weighted by Gasteiger charge is -2.10. The molecule has 0 radical (unpaired) electrons. The van der Waals surface area contributed by atoms with Gasteiger partial charge in [-0.05, 0) is 24.1 Å². The Balaban J connectivity index is 2.30. The molecule has 0 saturated carbocycles. The Morgan fingerprint density at radius 2 is 1.63 bits per heavy atom. The van der Waals surface area contributed by atoms with Crippen molar-refractivity contribution in [3.63, 3.8) is 0 Å². The van der Waals surface area contributed by atoms with Gasteiger partial charge in [0, 0.05) is 11.6 Å². The quantitative estimate of drug-likeness (QED) is 0.445. The highest BCUT2D eigenvalue weighted by Gasteiger charge is 2.21. The standard InChI is InChI=1S/C20H18O7/c1-9(2)3-5-11-13(22)8-15-16(17(11)24)18(25)19(26)20(27-15)10-4-6-12(21)14(23)7-10/h3-9,21-24,26H,1-2H3/b5-3+. The topological polar surface area (TPSA) is 131 Å². The summed E-state index contributed by atoms with van der Waals surface area (Å²) in [4.78, 5) is 12.6. The van der Waals surface area contributed by atoms with E-state index in [1.165, 1.54) is 24.3 Å². The molecular weight excluding hydrogens is 352 g/mol. The number of hydrogen-bond acceptors (Lipinski definition) is 7. The summed E-state index contributed by atoms with van der Waals surface area (Å²) in [5.74, 6) is -2.54. The first-order valence-electron chi connectivity index (χ1n) is 8.16. The number of fused-ring (bicyclic) bond motifs is 1. The van der Waals surface area contributed by atoms with E-state index in [0.717, 1.165) is 6.07 Å². The van der Waals surface area contributed by atoms with E-state index < -0.39 is 22.7 Å². The second-order valence-corrected chi connectivity index (χ2v) is 6.45. The van der Waals surface area contributed by atoms with Gasteiger partial charge in [-0.1, -0.05) is 26.0 Å². The smallest absolute Gasteiger partial charge is 0.238 e. The molecule has 2 aromatic carbocycles. The molecule has 5 N–H and O–H groups in total. The number of phenolic OH excluding ortho intramolecular Hbond substituents is 4. The molecule has 0 aliphatic heterocycles. The third-order valence-corrected chi connectivity index (χ3v) is 4.04. The molecule has 1 heterocycles. The summed E-state index contributed by atoms with van der Waals surface area (Å²) in [6, 6.07) is 4.78. The SMILES string of the molecule is CC(C)/C=C/c1c(O)cc2oc(-c3ccc(O)c(O)c3)c(O)c(=O)c2c1O. The van der Waals surface area contributed by atoms with E-state index in [9.17, 15) is 30.3 Å². The Morgan fingerprint density at radius 1 is 0.926 bits per heavy atom. The number of hydrogen-bond donors (Lipinski definition) is 5. The van der Waals surface area contributed by atoms with E-state index in [1.807, 2.05) is 13.8 Å². The van der Waals surface area contributed by atoms with Crippen molar-refractivity contribution >= 4 is 17.0 Å². The van der Waals surface area contributed by atoms with Crippen molar-refractivity contribution < 1.29 is 29.9 Å². The van der Waals surface area contributed by atoms with Crippen LogP contribution in [0.4, 0.5) is 0 Å². The van der Waals surface area contributed by atoms with Gasteiger partial charge in [-0.3, -0.25) is 4.79 Å². The summed E-state index contributed by atoms with van der Waals surface area (Å²) < 4.78 is 5.51. The molecule has 0 aliphatic rings. The number of aromatic hydroxyl groups is 5. The fraction of sp³-hybridized carbons (Fsp3) is 0.150. The number of benzene rings is 2. The average Bonchev–Trinajstić information content (AvgIpc) is 2.59. The molecule has 0 atom stereocenters. The van der Waals surface area contributed by atoms with Crippen molar-refractivity contribution in [3.05, 3.63) is 46.1 Å². The predicted octanol–water partition coefficient (Wildman–Crippen LogP) is 3.66. The fourth-order valence-corrected chi connectivity index (χ4v) is 2.64. The maximum absolute atomic E-state index is 12.6. The first-order chi connectivity index (χ1) is 12.7. The van der Waals surface area contributed by atoms with Gasteiger partial charge in [-0.15, -0.1) is 0 Å². The van der Waals surface area contributed by atoms with Gasteiger partial charge >= 0.3 is 0 Å². The molecule has 0 fully saturated rings. The van der Waals surface area contributed by atoms with E-state index in [2.05, 4.69) is 0 Å². The van der Waals surface area contributed by atoms with Crippen LogP contribution in [0.3, 0.4) is 0 Å². The minimum atomic E-state index is -0.893. The molecule has 0 unspecified atom stereocenters. The Kier molecular flexibility index (Phi) is 4.45. The fourth-order valence-electron chi connectivity index (χ4n) is 2.64. The third-order valence-electron chi connectivity index (χ3n) is 4.04. The molecule has 1 aromatic heterocycles. The molecule has 7 nitrogen and oxygen atoms in total. The Hall–Kier alpha value is -3.61. The van der Waals surface area contributed by atoms with E-state index >= 15 is 0 Å². The molecule has 0 spiro atoms. The third kappa shape index (κ3) is 3.15. The Morgan fingerprint density at radius 3 is 2.26 bits per heavy atom. The van der Waals surface area contributed by atoms with E-state index in [4.69, 9.17) is 4.42 Å². The van der Waals surface area contributed by atoms with Crippen LogP contribution in [0.5, 0.6) is 28.7 Å². The average molecular weight is 370 g/mol. The van der Waals surface area contributed by atoms with E-state index in [-0.39, 0.29) is 45.3 Å². The van der Waals surface area contributed by atoms with Crippen LogP contribution in [0.15, 0.2) is 39.6 Å². The van der Waals surface area contributed by atoms with Gasteiger partial charge in [-0.25, -0.2) is 0 Å². The van der Waals surface area contributed by atoms with Crippen molar-refractivity contribution in [2.24, 2.45) is 5.92 Å². The molecule has 0 bridgehead atoms. The van der Waals surface area contributed by atoms with Crippen LogP contribution in [0.2, 0.25) is 0 Å². The zero-order valence-corrected chi connectivity index (χ0v) is 14.6. The van der Waals surface area contributed by atoms with E-state index in [1.54, 1.807) is 6.08 Å². The maximum Gasteiger partial charge on any atom is 0.238 e. The van der Waals surface area contributed by atoms with Crippen molar-refractivity contribution in [1.82, 2.24) is 0 Å². The summed E-state index contributed by atoms with van der Waals surface area (Å²) in [5.41, 5.74) is -0.866. The van der Waals surface area contributed by atoms with Crippen molar-refractivity contribution in [2.45, 2.75) is 13.8 Å². The molecule has 3 aromatic rings. The van der Waals surface area contributed by atoms with Crippen molar-refractivity contribution in [2.75, 3.05) is 0 Å². The van der Waals surface area contributed by atoms with Gasteiger partial charge < -0.3 is 29.9 Å². The van der Waals surface area contributed by atoms with Crippen LogP contribution in [-0.2, 0) is 0 Å². The zero-order chi connectivity index (χ0) is 19.9. The minimum absolute atomic E-state index is 0.0397. The Bertz CT molecular complexity index is 1120. The maximum atomic E-state index is 12.6. The summed E-state index contributed by atoms with van der Waals surface area (Å²) in [6.07, 6.45) is 3.22. The normalized spacial score (nSPS) is 11.7. The Labute approximate surface area is 153 Å². The van der Waals surface area contributed by atoms with Crippen LogP contribution in [-0.4, -0.2) is 25.5 Å². The largest absolute Gasteiger partial charge is 0.507 e. The van der Waals surface area contributed by atoms with Crippen LogP contribution < -0.4 is 5.43 Å². The summed E-state index contributed by atoms with van der Waals surface area (Å²) in [6.45, 7) is 3.82. The van der Waals surface area contributed by atoms with E-state index in [0.29, 0.717) is 0 Å². The van der Waals surface area contributed by atoms with Crippen LogP contribution in [0.1, 0.15) is 19.4 Å². The van der Waals surface area contributed by atoms with Gasteiger partial charge in [0.15, 0.2) is 17.3 Å².